The zero-order valence-corrected chi connectivity index (χ0v) is 28.1. The van der Waals surface area contributed by atoms with Crippen molar-refractivity contribution in [3.63, 3.8) is 0 Å². The number of rotatable bonds is 12. The van der Waals surface area contributed by atoms with Crippen LogP contribution in [0.5, 0.6) is 17.2 Å². The Kier molecular flexibility index (Phi) is 12.9. The van der Waals surface area contributed by atoms with E-state index in [4.69, 9.17) is 24.1 Å². The number of aryl methyl sites for hydroxylation is 1. The molecule has 48 heavy (non-hydrogen) atoms. The van der Waals surface area contributed by atoms with Crippen LogP contribution in [0.4, 0.5) is 17.6 Å². The summed E-state index contributed by atoms with van der Waals surface area (Å²) in [5.74, 6) is -1.02. The first kappa shape index (κ1) is 36.7. The smallest absolute Gasteiger partial charge is 0.490 e. The molecule has 0 spiro atoms. The third-order valence-electron chi connectivity index (χ3n) is 7.79. The molecule has 0 radical (unpaired) electrons. The van der Waals surface area contributed by atoms with Gasteiger partial charge in [-0.2, -0.15) is 13.2 Å². The van der Waals surface area contributed by atoms with E-state index in [9.17, 15) is 22.4 Å². The lowest BCUT2D eigenvalue weighted by Gasteiger charge is -2.28. The molecule has 2 aliphatic rings. The molecule has 0 bridgehead atoms. The number of hydrogen-bond acceptors (Lipinski definition) is 6. The molecule has 3 aromatic carbocycles. The predicted octanol–water partition coefficient (Wildman–Crippen LogP) is 7.19. The van der Waals surface area contributed by atoms with E-state index in [-0.39, 0.29) is 17.8 Å². The van der Waals surface area contributed by atoms with Gasteiger partial charge in [-0.05, 0) is 101 Å². The minimum atomic E-state index is -5.08. The summed E-state index contributed by atoms with van der Waals surface area (Å²) in [5.41, 5.74) is 5.25. The first-order valence-electron chi connectivity index (χ1n) is 15.3. The quantitative estimate of drug-likeness (QED) is 0.150. The Balaban J connectivity index is 0.000000671. The number of benzene rings is 3. The molecule has 1 fully saturated rings. The van der Waals surface area contributed by atoms with E-state index in [0.29, 0.717) is 25.4 Å². The average Bonchev–Trinajstić information content (AvgIpc) is 3.92. The van der Waals surface area contributed by atoms with Crippen molar-refractivity contribution in [3.8, 4) is 17.2 Å². The van der Waals surface area contributed by atoms with Gasteiger partial charge in [0.1, 0.15) is 23.1 Å². The molecule has 1 aliphatic heterocycles. The molecule has 1 amide bonds. The molecule has 0 atom stereocenters. The van der Waals surface area contributed by atoms with Crippen LogP contribution in [0.2, 0.25) is 0 Å². The largest absolute Gasteiger partial charge is 0.497 e. The Bertz CT molecular complexity index is 1590. The number of halogens is 5. The van der Waals surface area contributed by atoms with Crippen molar-refractivity contribution in [2.45, 2.75) is 50.9 Å². The number of carbonyl (C=O) groups excluding carboxylic acids is 1. The molecule has 3 aromatic rings. The molecule has 1 heterocycles. The summed E-state index contributed by atoms with van der Waals surface area (Å²) < 4.78 is 62.6. The van der Waals surface area contributed by atoms with Crippen LogP contribution in [0.3, 0.4) is 0 Å². The fraction of sp³-hybridized carbons (Fsp3) is 0.371. The van der Waals surface area contributed by atoms with Crippen LogP contribution in [-0.2, 0) is 22.6 Å². The fourth-order valence-electron chi connectivity index (χ4n) is 5.21. The molecule has 0 saturated heterocycles. The molecule has 1 saturated carbocycles. The summed E-state index contributed by atoms with van der Waals surface area (Å²) in [6.07, 6.45) is -0.569. The van der Waals surface area contributed by atoms with Gasteiger partial charge in [-0.25, -0.2) is 9.18 Å². The first-order chi connectivity index (χ1) is 22.9. The van der Waals surface area contributed by atoms with Crippen molar-refractivity contribution in [3.05, 3.63) is 93.2 Å². The summed E-state index contributed by atoms with van der Waals surface area (Å²) in [4.78, 5) is 24.9. The van der Waals surface area contributed by atoms with Crippen molar-refractivity contribution in [2.24, 2.45) is 0 Å². The Morgan fingerprint density at radius 2 is 1.62 bits per heavy atom. The fourth-order valence-corrected chi connectivity index (χ4v) is 5.57. The third-order valence-corrected chi connectivity index (χ3v) is 8.45. The average molecular weight is 738 g/mol. The zero-order chi connectivity index (χ0) is 34.8. The van der Waals surface area contributed by atoms with Gasteiger partial charge in [-0.3, -0.25) is 4.79 Å². The minimum absolute atomic E-state index is 0.0984. The van der Waals surface area contributed by atoms with Gasteiger partial charge < -0.3 is 29.5 Å². The van der Waals surface area contributed by atoms with Gasteiger partial charge in [0.2, 0.25) is 0 Å². The van der Waals surface area contributed by atoms with Crippen LogP contribution in [0.1, 0.15) is 42.4 Å². The third kappa shape index (κ3) is 10.4. The Labute approximate surface area is 284 Å². The summed E-state index contributed by atoms with van der Waals surface area (Å²) >= 11 is 3.40. The monoisotopic (exact) mass is 736 g/mol. The molecule has 13 heteroatoms. The zero-order valence-electron chi connectivity index (χ0n) is 26.5. The van der Waals surface area contributed by atoms with Crippen LogP contribution in [0.25, 0.3) is 5.57 Å². The number of amides is 1. The lowest BCUT2D eigenvalue weighted by atomic mass is 9.92. The molecule has 8 nitrogen and oxygen atoms in total. The van der Waals surface area contributed by atoms with Gasteiger partial charge in [0.05, 0.1) is 25.3 Å². The van der Waals surface area contributed by atoms with E-state index in [1.807, 2.05) is 23.1 Å². The highest BCUT2D eigenvalue weighted by atomic mass is 79.9. The van der Waals surface area contributed by atoms with E-state index in [1.165, 1.54) is 17.7 Å². The van der Waals surface area contributed by atoms with Crippen molar-refractivity contribution in [1.29, 1.82) is 0 Å². The number of carbonyl (C=O) groups is 2. The Hall–Kier alpha value is -4.10. The SMILES string of the molecule is COc1cc(CN(C(=O)C2=C(c3ccc(CCCOc4cc(F)ccc4Br)cc3)CCNC2)C2CC2)cc(OC)c1.O=C(O)C(F)(F)F. The Morgan fingerprint density at radius 1 is 0.979 bits per heavy atom. The number of ether oxygens (including phenoxy) is 3. The highest BCUT2D eigenvalue weighted by Gasteiger charge is 2.38. The van der Waals surface area contributed by atoms with Crippen molar-refractivity contribution in [2.75, 3.05) is 33.9 Å². The maximum absolute atomic E-state index is 14.0. The van der Waals surface area contributed by atoms with Crippen molar-refractivity contribution < 1.29 is 46.5 Å². The predicted molar refractivity (Wildman–Crippen MR) is 176 cm³/mol. The number of methoxy groups -OCH3 is 2. The van der Waals surface area contributed by atoms with Gasteiger partial charge in [0.25, 0.3) is 5.91 Å². The number of nitrogens with one attached hydrogen (secondary N) is 1. The van der Waals surface area contributed by atoms with E-state index in [0.717, 1.165) is 76.9 Å². The molecule has 0 aromatic heterocycles. The lowest BCUT2D eigenvalue weighted by Crippen LogP contribution is -2.39. The number of carboxylic acid groups (broad SMARTS) is 1. The highest BCUT2D eigenvalue weighted by Crippen LogP contribution is 2.34. The maximum atomic E-state index is 14.0. The summed E-state index contributed by atoms with van der Waals surface area (Å²) in [6.45, 7) is 2.42. The Morgan fingerprint density at radius 3 is 2.21 bits per heavy atom. The van der Waals surface area contributed by atoms with Crippen LogP contribution in [-0.4, -0.2) is 68.0 Å². The van der Waals surface area contributed by atoms with E-state index >= 15 is 0 Å². The molecule has 258 valence electrons. The van der Waals surface area contributed by atoms with Crippen LogP contribution >= 0.6 is 15.9 Å². The molecular formula is C35H37BrF4N2O6. The van der Waals surface area contributed by atoms with Crippen LogP contribution < -0.4 is 19.5 Å². The number of aliphatic carboxylic acids is 1. The topological polar surface area (TPSA) is 97.3 Å². The van der Waals surface area contributed by atoms with E-state index in [1.54, 1.807) is 20.3 Å². The molecule has 5 rings (SSSR count). The van der Waals surface area contributed by atoms with Gasteiger partial charge in [-0.1, -0.05) is 24.3 Å². The molecule has 0 unspecified atom stereocenters. The number of nitrogens with zero attached hydrogens (tertiary/aromatic N) is 1. The van der Waals surface area contributed by atoms with Crippen LogP contribution in [0, 0.1) is 5.82 Å². The van der Waals surface area contributed by atoms with Gasteiger partial charge in [-0.15, -0.1) is 0 Å². The van der Waals surface area contributed by atoms with Gasteiger partial charge in [0.15, 0.2) is 0 Å². The second kappa shape index (κ2) is 16.8. The molecular weight excluding hydrogens is 700 g/mol. The minimum Gasteiger partial charge on any atom is -0.497 e. The first-order valence-corrected chi connectivity index (χ1v) is 16.1. The second-order valence-corrected chi connectivity index (χ2v) is 12.1. The normalized spacial score (nSPS) is 14.5. The van der Waals surface area contributed by atoms with Crippen LogP contribution in [0.15, 0.2) is 70.7 Å². The molecule has 2 N–H and O–H groups in total. The number of alkyl halides is 3. The lowest BCUT2D eigenvalue weighted by molar-refractivity contribution is -0.192. The maximum Gasteiger partial charge on any atom is 0.490 e. The van der Waals surface area contributed by atoms with E-state index < -0.39 is 12.1 Å². The van der Waals surface area contributed by atoms with E-state index in [2.05, 4.69) is 45.5 Å². The molecule has 1 aliphatic carbocycles. The number of hydrogen-bond donors (Lipinski definition) is 2. The standard InChI is InChI=1S/C33H36BrFN2O4.C2HF3O2/c1-39-27-16-23(17-28(19-27)40-2)21-37(26-10-11-26)33(38)30-20-36-14-13-29(30)24-7-5-22(6-8-24)4-3-15-41-32-18-25(35)9-12-31(32)34;3-2(4,5)1(6)7/h5-9,12,16-19,26,36H,3-4,10-11,13-15,20-21H2,1-2H3;(H,6,7). The summed E-state index contributed by atoms with van der Waals surface area (Å²) in [5, 5.41) is 10.5. The van der Waals surface area contributed by atoms with Gasteiger partial charge in [0, 0.05) is 36.8 Å². The van der Waals surface area contributed by atoms with Crippen molar-refractivity contribution >= 4 is 33.4 Å². The van der Waals surface area contributed by atoms with Gasteiger partial charge >= 0.3 is 12.1 Å². The summed E-state index contributed by atoms with van der Waals surface area (Å²) in [6, 6.07) is 19.0. The summed E-state index contributed by atoms with van der Waals surface area (Å²) in [7, 11) is 3.27. The van der Waals surface area contributed by atoms with Crippen molar-refractivity contribution in [1.82, 2.24) is 10.2 Å². The highest BCUT2D eigenvalue weighted by molar-refractivity contribution is 9.10. The second-order valence-electron chi connectivity index (χ2n) is 11.3. The number of carboxylic acids is 1.